The molecule has 8 nitrogen and oxygen atoms in total. The summed E-state index contributed by atoms with van der Waals surface area (Å²) in [5, 5.41) is 3.93. The van der Waals surface area contributed by atoms with Gasteiger partial charge in [-0.1, -0.05) is 18.2 Å². The summed E-state index contributed by atoms with van der Waals surface area (Å²) in [5.41, 5.74) is 3.81. The molecule has 9 heteroatoms. The molecule has 2 saturated heterocycles. The summed E-state index contributed by atoms with van der Waals surface area (Å²) in [5.74, 6) is 0.464. The molecule has 2 amide bonds. The highest BCUT2D eigenvalue weighted by Crippen LogP contribution is 2.36. The first-order chi connectivity index (χ1) is 18.8. The van der Waals surface area contributed by atoms with Gasteiger partial charge in [0.2, 0.25) is 5.91 Å². The average Bonchev–Trinajstić information content (AvgIpc) is 3.57. The maximum absolute atomic E-state index is 13.6. The van der Waals surface area contributed by atoms with Gasteiger partial charge < -0.3 is 24.5 Å². The highest BCUT2D eigenvalue weighted by molar-refractivity contribution is 7.98. The predicted molar refractivity (Wildman–Crippen MR) is 154 cm³/mol. The summed E-state index contributed by atoms with van der Waals surface area (Å²) in [4.78, 5) is 44.8. The zero-order chi connectivity index (χ0) is 27.7. The Bertz CT molecular complexity index is 1430. The third kappa shape index (κ3) is 5.39. The van der Waals surface area contributed by atoms with E-state index >= 15 is 0 Å². The van der Waals surface area contributed by atoms with Crippen molar-refractivity contribution in [1.29, 1.82) is 0 Å². The fraction of sp³-hybridized carbons (Fsp3) is 0.500. The number of likely N-dealkylation sites (tertiary alicyclic amines) is 1. The van der Waals surface area contributed by atoms with Crippen LogP contribution in [-0.4, -0.2) is 58.8 Å². The van der Waals surface area contributed by atoms with Crippen molar-refractivity contribution in [2.75, 3.05) is 32.6 Å². The molecule has 0 spiro atoms. The van der Waals surface area contributed by atoms with Crippen molar-refractivity contribution in [3.63, 3.8) is 0 Å². The quantitative estimate of drug-likeness (QED) is 0.424. The first-order valence-electron chi connectivity index (χ1n) is 13.8. The van der Waals surface area contributed by atoms with Crippen molar-refractivity contribution in [3.05, 3.63) is 63.2 Å². The minimum absolute atomic E-state index is 0.0122. The number of rotatable bonds is 7. The summed E-state index contributed by atoms with van der Waals surface area (Å²) >= 11 is 1.50. The van der Waals surface area contributed by atoms with Gasteiger partial charge in [-0.3, -0.25) is 14.4 Å². The number of aryl methyl sites for hydroxylation is 1. The monoisotopic (exact) mass is 550 g/mol. The number of aromatic nitrogens is 2. The lowest BCUT2D eigenvalue weighted by Crippen LogP contribution is -2.43. The average molecular weight is 551 g/mol. The van der Waals surface area contributed by atoms with Crippen molar-refractivity contribution in [3.8, 4) is 0 Å². The van der Waals surface area contributed by atoms with Crippen LogP contribution in [0.5, 0.6) is 0 Å². The number of nitrogens with zero attached hydrogens (tertiary/aromatic N) is 2. The van der Waals surface area contributed by atoms with Crippen LogP contribution in [0.3, 0.4) is 0 Å². The standard InChI is InChI=1S/C30H38N4O4S/c1-18-15-26(39-4)24(28(35)32-18)16-31-29(36)27-20(3)34(25-8-6-5-7-23(25)27)19(2)21-9-12-33(13-10-21)30(37)22-11-14-38-17-22/h5-8,15,19,21-22H,9-14,16-17H2,1-4H3,(H,31,36)(H,32,35)/t19-,22?/m1/s1. The van der Waals surface area contributed by atoms with Gasteiger partial charge in [0.05, 0.1) is 18.1 Å². The summed E-state index contributed by atoms with van der Waals surface area (Å²) in [6.07, 6.45) is 4.62. The lowest BCUT2D eigenvalue weighted by molar-refractivity contribution is -0.137. The molecule has 2 aliphatic heterocycles. The van der Waals surface area contributed by atoms with Gasteiger partial charge in [-0.05, 0) is 64.3 Å². The second kappa shape index (κ2) is 11.6. The number of thioether (sulfide) groups is 1. The van der Waals surface area contributed by atoms with E-state index in [-0.39, 0.29) is 35.9 Å². The van der Waals surface area contributed by atoms with Crippen molar-refractivity contribution >= 4 is 34.5 Å². The van der Waals surface area contributed by atoms with Crippen LogP contribution in [0.1, 0.15) is 59.5 Å². The molecule has 1 aromatic carbocycles. The molecule has 2 atom stereocenters. The van der Waals surface area contributed by atoms with E-state index < -0.39 is 0 Å². The lowest BCUT2D eigenvalue weighted by atomic mass is 9.89. The first kappa shape index (κ1) is 27.5. The molecule has 3 aromatic rings. The largest absolute Gasteiger partial charge is 0.381 e. The van der Waals surface area contributed by atoms with Crippen LogP contribution in [0.4, 0.5) is 0 Å². The third-order valence-electron chi connectivity index (χ3n) is 8.48. The second-order valence-electron chi connectivity index (χ2n) is 10.8. The number of pyridine rings is 1. The van der Waals surface area contributed by atoms with Crippen LogP contribution in [0.15, 0.2) is 40.0 Å². The van der Waals surface area contributed by atoms with Gasteiger partial charge in [-0.2, -0.15) is 0 Å². The van der Waals surface area contributed by atoms with E-state index in [0.717, 1.165) is 59.5 Å². The molecule has 2 aliphatic rings. The third-order valence-corrected chi connectivity index (χ3v) is 9.28. The maximum atomic E-state index is 13.6. The van der Waals surface area contributed by atoms with Crippen molar-refractivity contribution in [1.82, 2.24) is 19.8 Å². The number of benzene rings is 1. The number of ether oxygens (including phenoxy) is 1. The number of hydrogen-bond donors (Lipinski definition) is 2. The fourth-order valence-electron chi connectivity index (χ4n) is 6.30. The number of carbonyl (C=O) groups excluding carboxylic acids is 2. The van der Waals surface area contributed by atoms with Crippen molar-refractivity contribution in [2.45, 2.75) is 57.5 Å². The van der Waals surface area contributed by atoms with E-state index in [4.69, 9.17) is 4.74 Å². The number of hydrogen-bond acceptors (Lipinski definition) is 5. The highest BCUT2D eigenvalue weighted by atomic mass is 32.2. The van der Waals surface area contributed by atoms with Gasteiger partial charge in [-0.15, -0.1) is 11.8 Å². The smallest absolute Gasteiger partial charge is 0.254 e. The Kier molecular flexibility index (Phi) is 8.19. The van der Waals surface area contributed by atoms with Crippen LogP contribution in [0, 0.1) is 25.7 Å². The Morgan fingerprint density at radius 3 is 2.62 bits per heavy atom. The first-order valence-corrected chi connectivity index (χ1v) is 15.0. The second-order valence-corrected chi connectivity index (χ2v) is 11.7. The van der Waals surface area contributed by atoms with E-state index in [0.29, 0.717) is 30.3 Å². The van der Waals surface area contributed by atoms with Crippen molar-refractivity contribution in [2.24, 2.45) is 11.8 Å². The van der Waals surface area contributed by atoms with Gasteiger partial charge in [0, 0.05) is 65.0 Å². The topological polar surface area (TPSA) is 96.4 Å². The highest BCUT2D eigenvalue weighted by Gasteiger charge is 2.33. The molecular formula is C30H38N4O4S. The number of para-hydroxylation sites is 1. The molecule has 4 heterocycles. The summed E-state index contributed by atoms with van der Waals surface area (Å²) in [6.45, 7) is 9.01. The molecule has 5 rings (SSSR count). The molecule has 208 valence electrons. The zero-order valence-corrected chi connectivity index (χ0v) is 24.0. The minimum Gasteiger partial charge on any atom is -0.381 e. The Hall–Kier alpha value is -3.04. The molecule has 1 unspecified atom stereocenters. The number of fused-ring (bicyclic) bond motifs is 1. The Morgan fingerprint density at radius 1 is 1.18 bits per heavy atom. The van der Waals surface area contributed by atoms with E-state index in [1.807, 2.05) is 49.3 Å². The molecule has 2 N–H and O–H groups in total. The van der Waals surface area contributed by atoms with Gasteiger partial charge in [0.25, 0.3) is 11.5 Å². The fourth-order valence-corrected chi connectivity index (χ4v) is 7.00. The van der Waals surface area contributed by atoms with E-state index in [1.54, 1.807) is 0 Å². The van der Waals surface area contributed by atoms with E-state index in [2.05, 4.69) is 27.9 Å². The van der Waals surface area contributed by atoms with Crippen LogP contribution >= 0.6 is 11.8 Å². The Labute approximate surface area is 233 Å². The molecule has 0 saturated carbocycles. The van der Waals surface area contributed by atoms with Crippen LogP contribution < -0.4 is 10.9 Å². The molecular weight excluding hydrogens is 512 g/mol. The van der Waals surface area contributed by atoms with E-state index in [1.165, 1.54) is 11.8 Å². The number of piperidine rings is 1. The van der Waals surface area contributed by atoms with Crippen LogP contribution in [-0.2, 0) is 16.1 Å². The number of nitrogens with one attached hydrogen (secondary N) is 2. The SMILES string of the molecule is CSc1cc(C)[nH]c(=O)c1CNC(=O)c1c(C)n([C@H](C)C2CCN(C(=O)C3CCOC3)CC2)c2ccccc12. The van der Waals surface area contributed by atoms with Crippen LogP contribution in [0.2, 0.25) is 0 Å². The lowest BCUT2D eigenvalue weighted by Gasteiger charge is -2.37. The summed E-state index contributed by atoms with van der Waals surface area (Å²) < 4.78 is 7.72. The van der Waals surface area contributed by atoms with E-state index in [9.17, 15) is 14.4 Å². The number of aromatic amines is 1. The predicted octanol–water partition coefficient (Wildman–Crippen LogP) is 4.43. The summed E-state index contributed by atoms with van der Waals surface area (Å²) in [7, 11) is 0. The van der Waals surface area contributed by atoms with Crippen molar-refractivity contribution < 1.29 is 14.3 Å². The van der Waals surface area contributed by atoms with Gasteiger partial charge >= 0.3 is 0 Å². The number of carbonyl (C=O) groups is 2. The van der Waals surface area contributed by atoms with Crippen LogP contribution in [0.25, 0.3) is 10.9 Å². The van der Waals surface area contributed by atoms with Gasteiger partial charge in [0.1, 0.15) is 0 Å². The van der Waals surface area contributed by atoms with Gasteiger partial charge in [-0.25, -0.2) is 0 Å². The number of amides is 2. The Morgan fingerprint density at radius 2 is 1.92 bits per heavy atom. The molecule has 0 radical (unpaired) electrons. The zero-order valence-electron chi connectivity index (χ0n) is 23.2. The molecule has 0 bridgehead atoms. The molecule has 39 heavy (non-hydrogen) atoms. The Balaban J connectivity index is 1.35. The molecule has 0 aliphatic carbocycles. The number of H-pyrrole nitrogens is 1. The maximum Gasteiger partial charge on any atom is 0.254 e. The normalized spacial score (nSPS) is 19.0. The molecule has 2 fully saturated rings. The van der Waals surface area contributed by atoms with Gasteiger partial charge in [0.15, 0.2) is 0 Å². The summed E-state index contributed by atoms with van der Waals surface area (Å²) in [6, 6.07) is 10.1. The minimum atomic E-state index is -0.180. The molecule has 2 aromatic heterocycles.